The topological polar surface area (TPSA) is 118 Å². The van der Waals surface area contributed by atoms with Gasteiger partial charge in [0.25, 0.3) is 0 Å². The summed E-state index contributed by atoms with van der Waals surface area (Å²) in [4.78, 5) is 21.3. The average Bonchev–Trinajstić information content (AvgIpc) is 3.00. The molecule has 3 rings (SSSR count). The molecule has 2 aromatic heterocycles. The quantitative estimate of drug-likeness (QED) is 0.805. The number of carbonyl (C=O) groups excluding carboxylic acids is 1. The van der Waals surface area contributed by atoms with Gasteiger partial charge in [0.1, 0.15) is 16.4 Å². The zero-order chi connectivity index (χ0) is 21.4. The van der Waals surface area contributed by atoms with Crippen LogP contribution < -0.4 is 5.32 Å². The minimum atomic E-state index is -3.68. The van der Waals surface area contributed by atoms with Crippen molar-refractivity contribution in [2.75, 3.05) is 18.4 Å². The fourth-order valence-electron chi connectivity index (χ4n) is 3.35. The number of aryl methyl sites for hydroxylation is 2. The lowest BCUT2D eigenvalue weighted by molar-refractivity contribution is -0.120. The van der Waals surface area contributed by atoms with Crippen LogP contribution in [0.15, 0.2) is 21.8 Å². The van der Waals surface area contributed by atoms with Gasteiger partial charge < -0.3 is 9.84 Å². The molecule has 2 aromatic rings. The van der Waals surface area contributed by atoms with Crippen molar-refractivity contribution in [3.63, 3.8) is 0 Å². The summed E-state index contributed by atoms with van der Waals surface area (Å²) in [5, 5.41) is 6.56. The first-order valence-electron chi connectivity index (χ1n) is 9.56. The molecule has 0 aromatic carbocycles. The molecule has 0 saturated carbocycles. The second kappa shape index (κ2) is 7.83. The van der Waals surface area contributed by atoms with Gasteiger partial charge in [0.2, 0.25) is 15.9 Å². The molecule has 1 fully saturated rings. The molecular weight excluding hydrogens is 394 g/mol. The smallest absolute Gasteiger partial charge is 0.248 e. The first kappa shape index (κ1) is 21.4. The van der Waals surface area contributed by atoms with E-state index in [9.17, 15) is 13.2 Å². The lowest BCUT2D eigenvalue weighted by Crippen LogP contribution is -2.41. The number of aromatic nitrogens is 3. The van der Waals surface area contributed by atoms with Gasteiger partial charge in [-0.05, 0) is 26.7 Å². The highest BCUT2D eigenvalue weighted by atomic mass is 32.2. The number of rotatable bonds is 4. The Labute approximate surface area is 170 Å². The third kappa shape index (κ3) is 4.48. The fourth-order valence-corrected chi connectivity index (χ4v) is 5.12. The maximum atomic E-state index is 12.9. The molecule has 0 unspecified atom stereocenters. The van der Waals surface area contributed by atoms with Gasteiger partial charge in [-0.2, -0.15) is 4.31 Å². The summed E-state index contributed by atoms with van der Waals surface area (Å²) in [5.41, 5.74) is 0.720. The van der Waals surface area contributed by atoms with E-state index in [0.29, 0.717) is 30.0 Å². The number of hydrogen-bond acceptors (Lipinski definition) is 7. The van der Waals surface area contributed by atoms with Gasteiger partial charge in [-0.15, -0.1) is 0 Å². The van der Waals surface area contributed by atoms with Crippen LogP contribution >= 0.6 is 0 Å². The van der Waals surface area contributed by atoms with E-state index in [0.717, 1.165) is 0 Å². The number of sulfonamides is 1. The Balaban J connectivity index is 1.61. The van der Waals surface area contributed by atoms with Crippen molar-refractivity contribution in [3.8, 4) is 0 Å². The standard InChI is InChI=1S/C19H27N5O4S/c1-12-16(13(2)28-23-12)29(26,27)24-8-6-14(7-9-24)17(25)22-15-10-20-18(21-11-15)19(3,4)5/h10-11,14H,6-9H2,1-5H3,(H,22,25). The summed E-state index contributed by atoms with van der Waals surface area (Å²) in [5.74, 6) is 0.564. The van der Waals surface area contributed by atoms with Crippen LogP contribution in [-0.4, -0.2) is 46.8 Å². The molecule has 158 valence electrons. The maximum Gasteiger partial charge on any atom is 0.248 e. The van der Waals surface area contributed by atoms with Gasteiger partial charge in [-0.3, -0.25) is 4.79 Å². The van der Waals surface area contributed by atoms with Crippen LogP contribution in [0.25, 0.3) is 0 Å². The number of carbonyl (C=O) groups is 1. The number of anilines is 1. The molecule has 1 amide bonds. The maximum absolute atomic E-state index is 12.9. The number of amides is 1. The van der Waals surface area contributed by atoms with E-state index >= 15 is 0 Å². The second-order valence-electron chi connectivity index (χ2n) is 8.37. The van der Waals surface area contributed by atoms with E-state index < -0.39 is 10.0 Å². The SMILES string of the molecule is Cc1noc(C)c1S(=O)(=O)N1CCC(C(=O)Nc2cnc(C(C)(C)C)nc2)CC1. The summed E-state index contributed by atoms with van der Waals surface area (Å²) < 4.78 is 32.1. The number of nitrogens with one attached hydrogen (secondary N) is 1. The zero-order valence-corrected chi connectivity index (χ0v) is 18.2. The monoisotopic (exact) mass is 421 g/mol. The fraction of sp³-hybridized carbons (Fsp3) is 0.579. The van der Waals surface area contributed by atoms with Crippen LogP contribution in [0.1, 0.15) is 50.9 Å². The Kier molecular flexibility index (Phi) is 5.77. The summed E-state index contributed by atoms with van der Waals surface area (Å²) in [7, 11) is -3.68. The van der Waals surface area contributed by atoms with Gasteiger partial charge in [0.05, 0.1) is 18.1 Å². The Bertz CT molecular complexity index is 965. The Morgan fingerprint density at radius 3 is 2.24 bits per heavy atom. The molecule has 29 heavy (non-hydrogen) atoms. The highest BCUT2D eigenvalue weighted by molar-refractivity contribution is 7.89. The Morgan fingerprint density at radius 1 is 1.17 bits per heavy atom. The molecular formula is C19H27N5O4S. The molecule has 1 aliphatic heterocycles. The summed E-state index contributed by atoms with van der Waals surface area (Å²) in [6, 6.07) is 0. The van der Waals surface area contributed by atoms with E-state index in [1.165, 1.54) is 4.31 Å². The highest BCUT2D eigenvalue weighted by Crippen LogP contribution is 2.28. The van der Waals surface area contributed by atoms with E-state index in [1.807, 2.05) is 20.8 Å². The molecule has 1 saturated heterocycles. The molecule has 0 spiro atoms. The van der Waals surface area contributed by atoms with Gasteiger partial charge in [-0.1, -0.05) is 25.9 Å². The van der Waals surface area contributed by atoms with Crippen molar-refractivity contribution >= 4 is 21.6 Å². The molecule has 0 atom stereocenters. The lowest BCUT2D eigenvalue weighted by Gasteiger charge is -2.30. The summed E-state index contributed by atoms with van der Waals surface area (Å²) >= 11 is 0. The van der Waals surface area contributed by atoms with Crippen molar-refractivity contribution in [2.24, 2.45) is 5.92 Å². The largest absolute Gasteiger partial charge is 0.360 e. The van der Waals surface area contributed by atoms with Crippen molar-refractivity contribution in [3.05, 3.63) is 29.7 Å². The predicted octanol–water partition coefficient (Wildman–Crippen LogP) is 2.42. The highest BCUT2D eigenvalue weighted by Gasteiger charge is 2.35. The number of piperidine rings is 1. The molecule has 0 radical (unpaired) electrons. The van der Waals surface area contributed by atoms with Crippen molar-refractivity contribution in [1.82, 2.24) is 19.4 Å². The minimum absolute atomic E-state index is 0.122. The first-order valence-corrected chi connectivity index (χ1v) is 11.0. The Hall–Kier alpha value is -2.33. The minimum Gasteiger partial charge on any atom is -0.360 e. The number of hydrogen-bond donors (Lipinski definition) is 1. The van der Waals surface area contributed by atoms with Gasteiger partial charge in [-0.25, -0.2) is 18.4 Å². The van der Waals surface area contributed by atoms with Crippen LogP contribution in [0, 0.1) is 19.8 Å². The summed E-state index contributed by atoms with van der Waals surface area (Å²) in [6.07, 6.45) is 4.08. The molecule has 10 heteroatoms. The zero-order valence-electron chi connectivity index (χ0n) is 17.4. The van der Waals surface area contributed by atoms with Crippen LogP contribution in [0.4, 0.5) is 5.69 Å². The second-order valence-corrected chi connectivity index (χ2v) is 10.2. The molecule has 3 heterocycles. The van der Waals surface area contributed by atoms with Gasteiger partial charge in [0, 0.05) is 24.4 Å². The van der Waals surface area contributed by atoms with Crippen LogP contribution in [0.3, 0.4) is 0 Å². The van der Waals surface area contributed by atoms with Crippen molar-refractivity contribution < 1.29 is 17.7 Å². The van der Waals surface area contributed by atoms with E-state index in [1.54, 1.807) is 26.2 Å². The van der Waals surface area contributed by atoms with Crippen molar-refractivity contribution in [2.45, 2.75) is 57.8 Å². The van der Waals surface area contributed by atoms with Crippen molar-refractivity contribution in [1.29, 1.82) is 0 Å². The van der Waals surface area contributed by atoms with Crippen LogP contribution in [0.2, 0.25) is 0 Å². The molecule has 9 nitrogen and oxygen atoms in total. The predicted molar refractivity (Wildman–Crippen MR) is 107 cm³/mol. The first-order chi connectivity index (χ1) is 13.5. The van der Waals surface area contributed by atoms with Crippen LogP contribution in [0.5, 0.6) is 0 Å². The molecule has 0 bridgehead atoms. The van der Waals surface area contributed by atoms with Crippen LogP contribution in [-0.2, 0) is 20.2 Å². The van der Waals surface area contributed by atoms with E-state index in [2.05, 4.69) is 20.4 Å². The van der Waals surface area contributed by atoms with E-state index in [4.69, 9.17) is 4.52 Å². The molecule has 0 aliphatic carbocycles. The third-order valence-electron chi connectivity index (χ3n) is 4.98. The van der Waals surface area contributed by atoms with E-state index in [-0.39, 0.29) is 41.0 Å². The summed E-state index contributed by atoms with van der Waals surface area (Å²) in [6.45, 7) is 9.78. The average molecular weight is 422 g/mol. The normalized spacial score (nSPS) is 16.7. The number of nitrogens with zero attached hydrogens (tertiary/aromatic N) is 4. The Morgan fingerprint density at radius 2 is 1.76 bits per heavy atom. The molecule has 1 aliphatic rings. The van der Waals surface area contributed by atoms with Gasteiger partial charge >= 0.3 is 0 Å². The third-order valence-corrected chi connectivity index (χ3v) is 7.12. The molecule has 1 N–H and O–H groups in total. The van der Waals surface area contributed by atoms with Gasteiger partial charge in [0.15, 0.2) is 5.76 Å². The lowest BCUT2D eigenvalue weighted by atomic mass is 9.96.